The van der Waals surface area contributed by atoms with Gasteiger partial charge in [0.1, 0.15) is 6.07 Å². The Morgan fingerprint density at radius 2 is 1.77 bits per heavy atom. The van der Waals surface area contributed by atoms with Gasteiger partial charge in [0.05, 0.1) is 16.5 Å². The van der Waals surface area contributed by atoms with E-state index < -0.39 is 5.97 Å². The maximum Gasteiger partial charge on any atom is 0.306 e. The van der Waals surface area contributed by atoms with Crippen molar-refractivity contribution >= 4 is 29.3 Å². The highest BCUT2D eigenvalue weighted by atomic mass is 35.5. The topological polar surface area (TPSA) is 131 Å². The fraction of sp³-hybridized carbons (Fsp3) is 0.480. The highest BCUT2D eigenvalue weighted by Gasteiger charge is 2.26. The van der Waals surface area contributed by atoms with E-state index in [1.165, 1.54) is 0 Å². The van der Waals surface area contributed by atoms with Crippen molar-refractivity contribution in [3.05, 3.63) is 52.2 Å². The predicted octanol–water partition coefficient (Wildman–Crippen LogP) is 3.13. The van der Waals surface area contributed by atoms with E-state index in [2.05, 4.69) is 26.9 Å². The van der Waals surface area contributed by atoms with Gasteiger partial charge in [0.25, 0.3) is 5.91 Å². The van der Waals surface area contributed by atoms with Crippen molar-refractivity contribution < 1.29 is 14.7 Å². The fourth-order valence-corrected chi connectivity index (χ4v) is 4.94. The van der Waals surface area contributed by atoms with Crippen LogP contribution in [0.1, 0.15) is 60.1 Å². The zero-order chi connectivity index (χ0) is 24.8. The molecular weight excluding hydrogens is 468 g/mol. The van der Waals surface area contributed by atoms with Crippen LogP contribution in [0.3, 0.4) is 0 Å². The summed E-state index contributed by atoms with van der Waals surface area (Å²) in [5.41, 5.74) is 1.80. The van der Waals surface area contributed by atoms with Gasteiger partial charge < -0.3 is 20.6 Å². The summed E-state index contributed by atoms with van der Waals surface area (Å²) in [5, 5.41) is 33.5. The molecule has 1 saturated carbocycles. The minimum Gasteiger partial charge on any atom is -0.481 e. The van der Waals surface area contributed by atoms with Gasteiger partial charge in [-0.1, -0.05) is 17.7 Å². The van der Waals surface area contributed by atoms with Crippen molar-refractivity contribution in [3.63, 3.8) is 0 Å². The van der Waals surface area contributed by atoms with Crippen LogP contribution in [0.25, 0.3) is 0 Å². The highest BCUT2D eigenvalue weighted by Crippen LogP contribution is 2.23. The van der Waals surface area contributed by atoms with Gasteiger partial charge in [-0.15, -0.1) is 10.2 Å². The van der Waals surface area contributed by atoms with Crippen molar-refractivity contribution in [2.75, 3.05) is 18.0 Å². The number of carboxylic acids is 1. The first-order valence-corrected chi connectivity index (χ1v) is 12.3. The van der Waals surface area contributed by atoms with Crippen molar-refractivity contribution in [1.29, 1.82) is 5.26 Å². The van der Waals surface area contributed by atoms with Crippen molar-refractivity contribution in [2.24, 2.45) is 5.92 Å². The molecule has 2 aromatic rings. The van der Waals surface area contributed by atoms with Gasteiger partial charge in [-0.25, -0.2) is 0 Å². The number of nitrogens with one attached hydrogen (secondary N) is 2. The van der Waals surface area contributed by atoms with Crippen LogP contribution in [0.4, 0.5) is 5.82 Å². The second kappa shape index (κ2) is 11.5. The van der Waals surface area contributed by atoms with Crippen LogP contribution < -0.4 is 15.5 Å². The molecule has 1 aromatic carbocycles. The molecule has 184 valence electrons. The molecule has 4 rings (SSSR count). The number of nitriles is 1. The number of amides is 1. The maximum absolute atomic E-state index is 12.7. The van der Waals surface area contributed by atoms with E-state index in [1.807, 2.05) is 17.0 Å². The Balaban J connectivity index is 1.20. The third-order valence-electron chi connectivity index (χ3n) is 6.86. The standard InChI is InChI=1S/C25H29ClN6O3/c26-21-13-16(1-2-18(21)14-27)15-28-19-3-5-20(6-4-19)29-24(33)22-7-8-23(31-30-22)32-11-9-17(10-12-32)25(34)35/h1-2,7-8,13,17,19-20,28H,3-6,9-12,15H2,(H,29,33)(H,34,35). The van der Waals surface area contributed by atoms with Crippen LogP contribution in [0.5, 0.6) is 0 Å². The van der Waals surface area contributed by atoms with Gasteiger partial charge in [0.2, 0.25) is 0 Å². The number of benzene rings is 1. The lowest BCUT2D eigenvalue weighted by molar-refractivity contribution is -0.142. The SMILES string of the molecule is N#Cc1ccc(CNC2CCC(NC(=O)c3ccc(N4CCC(C(=O)O)CC4)nn3)CC2)cc1Cl. The minimum absolute atomic E-state index is 0.0985. The average molecular weight is 497 g/mol. The van der Waals surface area contributed by atoms with E-state index >= 15 is 0 Å². The number of hydrogen-bond donors (Lipinski definition) is 3. The molecule has 0 spiro atoms. The number of carbonyl (C=O) groups excluding carboxylic acids is 1. The van der Waals surface area contributed by atoms with Crippen LogP contribution in [0, 0.1) is 17.2 Å². The maximum atomic E-state index is 12.7. The van der Waals surface area contributed by atoms with E-state index in [1.54, 1.807) is 18.2 Å². The largest absolute Gasteiger partial charge is 0.481 e. The van der Waals surface area contributed by atoms with E-state index in [9.17, 15) is 9.59 Å². The Hall–Kier alpha value is -3.22. The molecule has 1 aromatic heterocycles. The fourth-order valence-electron chi connectivity index (χ4n) is 4.69. The summed E-state index contributed by atoms with van der Waals surface area (Å²) in [6.07, 6.45) is 4.82. The molecule has 0 unspecified atom stereocenters. The number of piperidine rings is 1. The first-order chi connectivity index (χ1) is 16.9. The van der Waals surface area contributed by atoms with Crippen molar-refractivity contribution in [1.82, 2.24) is 20.8 Å². The third kappa shape index (κ3) is 6.47. The number of aromatic nitrogens is 2. The Kier molecular flexibility index (Phi) is 8.16. The summed E-state index contributed by atoms with van der Waals surface area (Å²) < 4.78 is 0. The van der Waals surface area contributed by atoms with Crippen LogP contribution in [0.2, 0.25) is 5.02 Å². The molecule has 0 radical (unpaired) electrons. The molecule has 35 heavy (non-hydrogen) atoms. The lowest BCUT2D eigenvalue weighted by Gasteiger charge is -2.30. The van der Waals surface area contributed by atoms with Gasteiger partial charge in [0, 0.05) is 31.7 Å². The van der Waals surface area contributed by atoms with Crippen LogP contribution in [-0.2, 0) is 11.3 Å². The van der Waals surface area contributed by atoms with Crippen LogP contribution in [0.15, 0.2) is 30.3 Å². The number of anilines is 1. The number of carboxylic acid groups (broad SMARTS) is 1. The summed E-state index contributed by atoms with van der Waals surface area (Å²) in [6.45, 7) is 1.92. The molecule has 1 aliphatic heterocycles. The summed E-state index contributed by atoms with van der Waals surface area (Å²) in [7, 11) is 0. The van der Waals surface area contributed by atoms with E-state index in [4.69, 9.17) is 22.0 Å². The lowest BCUT2D eigenvalue weighted by atomic mass is 9.91. The molecule has 3 N–H and O–H groups in total. The quantitative estimate of drug-likeness (QED) is 0.532. The van der Waals surface area contributed by atoms with Crippen molar-refractivity contribution in [3.8, 4) is 6.07 Å². The normalized spacial score (nSPS) is 20.7. The molecular formula is C25H29ClN6O3. The zero-order valence-electron chi connectivity index (χ0n) is 19.4. The Bertz CT molecular complexity index is 1090. The first kappa shape index (κ1) is 24.9. The summed E-state index contributed by atoms with van der Waals surface area (Å²) in [6, 6.07) is 11.5. The van der Waals surface area contributed by atoms with Crippen molar-refractivity contribution in [2.45, 2.75) is 57.2 Å². The van der Waals surface area contributed by atoms with E-state index in [0.29, 0.717) is 54.9 Å². The second-order valence-electron chi connectivity index (χ2n) is 9.21. The molecule has 9 nitrogen and oxygen atoms in total. The highest BCUT2D eigenvalue weighted by molar-refractivity contribution is 6.31. The van der Waals surface area contributed by atoms with Gasteiger partial charge >= 0.3 is 5.97 Å². The molecule has 0 atom stereocenters. The van der Waals surface area contributed by atoms with Gasteiger partial charge in [0.15, 0.2) is 11.5 Å². The smallest absolute Gasteiger partial charge is 0.306 e. The molecule has 1 aliphatic carbocycles. The number of aliphatic carboxylic acids is 1. The second-order valence-corrected chi connectivity index (χ2v) is 9.61. The van der Waals surface area contributed by atoms with Gasteiger partial charge in [-0.3, -0.25) is 9.59 Å². The number of rotatable bonds is 7. The molecule has 2 heterocycles. The zero-order valence-corrected chi connectivity index (χ0v) is 20.2. The Morgan fingerprint density at radius 3 is 2.37 bits per heavy atom. The van der Waals surface area contributed by atoms with Gasteiger partial charge in [-0.2, -0.15) is 5.26 Å². The summed E-state index contributed by atoms with van der Waals surface area (Å²) >= 11 is 6.11. The number of halogens is 1. The van der Waals surface area contributed by atoms with Crippen LogP contribution in [-0.4, -0.2) is 52.4 Å². The minimum atomic E-state index is -0.746. The molecule has 0 bridgehead atoms. The number of carbonyl (C=O) groups is 2. The van der Waals surface area contributed by atoms with E-state index in [-0.39, 0.29) is 23.6 Å². The molecule has 1 amide bonds. The number of nitrogens with zero attached hydrogens (tertiary/aromatic N) is 4. The molecule has 2 aliphatic rings. The number of hydrogen-bond acceptors (Lipinski definition) is 7. The molecule has 2 fully saturated rings. The monoisotopic (exact) mass is 496 g/mol. The summed E-state index contributed by atoms with van der Waals surface area (Å²) in [4.78, 5) is 25.8. The summed E-state index contributed by atoms with van der Waals surface area (Å²) in [5.74, 6) is -0.606. The lowest BCUT2D eigenvalue weighted by Crippen LogP contribution is -2.42. The molecule has 1 saturated heterocycles. The van der Waals surface area contributed by atoms with Crippen LogP contribution >= 0.6 is 11.6 Å². The van der Waals surface area contributed by atoms with E-state index in [0.717, 1.165) is 31.2 Å². The predicted molar refractivity (Wildman–Crippen MR) is 131 cm³/mol. The average Bonchev–Trinajstić information content (AvgIpc) is 2.88. The third-order valence-corrected chi connectivity index (χ3v) is 7.18. The Labute approximate surface area is 209 Å². The molecule has 10 heteroatoms. The Morgan fingerprint density at radius 1 is 1.06 bits per heavy atom. The van der Waals surface area contributed by atoms with Gasteiger partial charge in [-0.05, 0) is 68.4 Å². The first-order valence-electron chi connectivity index (χ1n) is 12.0.